The van der Waals surface area contributed by atoms with Crippen molar-refractivity contribution in [1.29, 1.82) is 0 Å². The second-order valence-corrected chi connectivity index (χ2v) is 4.89. The van der Waals surface area contributed by atoms with Crippen LogP contribution in [0.4, 0.5) is 11.5 Å². The lowest BCUT2D eigenvalue weighted by Crippen LogP contribution is -2.58. The van der Waals surface area contributed by atoms with E-state index in [0.29, 0.717) is 37.6 Å². The molecule has 114 valence electrons. The molecule has 1 aromatic rings. The number of hydrogen-bond acceptors (Lipinski definition) is 6. The molecule has 1 aliphatic rings. The van der Waals surface area contributed by atoms with Crippen molar-refractivity contribution in [2.24, 2.45) is 0 Å². The van der Waals surface area contributed by atoms with E-state index in [1.165, 1.54) is 12.3 Å². The number of pyridine rings is 1. The van der Waals surface area contributed by atoms with E-state index >= 15 is 0 Å². The molecule has 0 aliphatic carbocycles. The zero-order valence-corrected chi connectivity index (χ0v) is 12.1. The zero-order valence-electron chi connectivity index (χ0n) is 12.1. The summed E-state index contributed by atoms with van der Waals surface area (Å²) >= 11 is 0. The molecule has 0 aromatic carbocycles. The molecule has 0 bridgehead atoms. The maximum atomic E-state index is 12.1. The van der Waals surface area contributed by atoms with Crippen molar-refractivity contribution in [3.8, 4) is 0 Å². The number of piperazine rings is 1. The molecule has 2 rings (SSSR count). The van der Waals surface area contributed by atoms with Gasteiger partial charge < -0.3 is 15.5 Å². The van der Waals surface area contributed by atoms with Crippen molar-refractivity contribution >= 4 is 17.4 Å². The number of aryl methyl sites for hydroxylation is 1. The van der Waals surface area contributed by atoms with Gasteiger partial charge in [0.25, 0.3) is 5.69 Å². The lowest BCUT2D eigenvalue weighted by Gasteiger charge is -2.35. The molecular weight excluding hydrogens is 274 g/mol. The molecule has 0 spiro atoms. The van der Waals surface area contributed by atoms with Gasteiger partial charge in [-0.25, -0.2) is 4.98 Å². The molecule has 2 N–H and O–H groups in total. The molecule has 0 saturated carbocycles. The number of carbonyl (C=O) groups is 1. The standard InChI is InChI=1S/C13H19N5O3/c1-3-15-13(19)11-8-14-4-5-17(11)12-6-10(18(20)21)9(2)7-16-12/h6-7,11,14H,3-5,8H2,1-2H3,(H,15,19). The number of amides is 1. The third-order valence-electron chi connectivity index (χ3n) is 3.45. The highest BCUT2D eigenvalue weighted by Gasteiger charge is 2.30. The van der Waals surface area contributed by atoms with Gasteiger partial charge in [-0.1, -0.05) is 0 Å². The summed E-state index contributed by atoms with van der Waals surface area (Å²) < 4.78 is 0. The summed E-state index contributed by atoms with van der Waals surface area (Å²) in [6.07, 6.45) is 1.48. The fourth-order valence-electron chi connectivity index (χ4n) is 2.36. The summed E-state index contributed by atoms with van der Waals surface area (Å²) in [6.45, 7) is 5.83. The number of carbonyl (C=O) groups excluding carboxylic acids is 1. The molecule has 1 aliphatic heterocycles. The van der Waals surface area contributed by atoms with Gasteiger partial charge in [-0.2, -0.15) is 0 Å². The van der Waals surface area contributed by atoms with Crippen LogP contribution in [0.25, 0.3) is 0 Å². The van der Waals surface area contributed by atoms with E-state index in [1.807, 2.05) is 11.8 Å². The first kappa shape index (κ1) is 15.2. The van der Waals surface area contributed by atoms with E-state index in [0.717, 1.165) is 0 Å². The summed E-state index contributed by atoms with van der Waals surface area (Å²) in [6, 6.07) is 1.03. The van der Waals surface area contributed by atoms with Crippen molar-refractivity contribution in [3.05, 3.63) is 27.9 Å². The minimum atomic E-state index is -0.427. The lowest BCUT2D eigenvalue weighted by atomic mass is 10.1. The van der Waals surface area contributed by atoms with Gasteiger partial charge in [-0.3, -0.25) is 14.9 Å². The average Bonchev–Trinajstić information content (AvgIpc) is 2.47. The van der Waals surface area contributed by atoms with Crippen molar-refractivity contribution in [1.82, 2.24) is 15.6 Å². The van der Waals surface area contributed by atoms with Crippen molar-refractivity contribution < 1.29 is 9.72 Å². The van der Waals surface area contributed by atoms with Crippen LogP contribution in [0.1, 0.15) is 12.5 Å². The van der Waals surface area contributed by atoms with Gasteiger partial charge in [0.1, 0.15) is 11.9 Å². The highest BCUT2D eigenvalue weighted by atomic mass is 16.6. The van der Waals surface area contributed by atoms with Gasteiger partial charge in [0.15, 0.2) is 0 Å². The van der Waals surface area contributed by atoms with Crippen molar-refractivity contribution in [2.45, 2.75) is 19.9 Å². The Bertz CT molecular complexity index is 549. The maximum absolute atomic E-state index is 12.1. The summed E-state index contributed by atoms with van der Waals surface area (Å²) in [4.78, 5) is 28.8. The van der Waals surface area contributed by atoms with Gasteiger partial charge in [-0.05, 0) is 13.8 Å². The van der Waals surface area contributed by atoms with E-state index in [-0.39, 0.29) is 11.6 Å². The van der Waals surface area contributed by atoms with E-state index < -0.39 is 11.0 Å². The summed E-state index contributed by atoms with van der Waals surface area (Å²) in [7, 11) is 0. The van der Waals surface area contributed by atoms with E-state index in [9.17, 15) is 14.9 Å². The first-order chi connectivity index (χ1) is 10.0. The number of rotatable bonds is 4. The van der Waals surface area contributed by atoms with Crippen LogP contribution in [0.3, 0.4) is 0 Å². The van der Waals surface area contributed by atoms with E-state index in [2.05, 4.69) is 15.6 Å². The topological polar surface area (TPSA) is 100 Å². The average molecular weight is 293 g/mol. The minimum absolute atomic E-state index is 0.0215. The maximum Gasteiger partial charge on any atom is 0.277 e. The number of nitro groups is 1. The number of aromatic nitrogens is 1. The second-order valence-electron chi connectivity index (χ2n) is 4.89. The molecule has 8 heteroatoms. The van der Waals surface area contributed by atoms with E-state index in [4.69, 9.17) is 0 Å². The van der Waals surface area contributed by atoms with Crippen LogP contribution >= 0.6 is 0 Å². The molecule has 1 unspecified atom stereocenters. The summed E-state index contributed by atoms with van der Waals surface area (Å²) in [5.41, 5.74) is 0.529. The molecule has 1 fully saturated rings. The van der Waals surface area contributed by atoms with Crippen LogP contribution in [0.2, 0.25) is 0 Å². The highest BCUT2D eigenvalue weighted by Crippen LogP contribution is 2.24. The Hall–Kier alpha value is -2.22. The smallest absolute Gasteiger partial charge is 0.277 e. The zero-order chi connectivity index (χ0) is 15.4. The Balaban J connectivity index is 2.31. The third-order valence-corrected chi connectivity index (χ3v) is 3.45. The Morgan fingerprint density at radius 3 is 3.10 bits per heavy atom. The highest BCUT2D eigenvalue weighted by molar-refractivity contribution is 5.85. The number of hydrogen-bond donors (Lipinski definition) is 2. The lowest BCUT2D eigenvalue weighted by molar-refractivity contribution is -0.385. The predicted octanol–water partition coefficient (Wildman–Crippen LogP) is 0.213. The van der Waals surface area contributed by atoms with Gasteiger partial charge >= 0.3 is 0 Å². The number of likely N-dealkylation sites (N-methyl/N-ethyl adjacent to an activating group) is 1. The fraction of sp³-hybridized carbons (Fsp3) is 0.538. The van der Waals surface area contributed by atoms with E-state index in [1.54, 1.807) is 6.92 Å². The number of nitrogens with zero attached hydrogens (tertiary/aromatic N) is 3. The fourth-order valence-corrected chi connectivity index (χ4v) is 2.36. The predicted molar refractivity (Wildman–Crippen MR) is 78.3 cm³/mol. The third kappa shape index (κ3) is 3.27. The first-order valence-electron chi connectivity index (χ1n) is 6.90. The Kier molecular flexibility index (Phi) is 4.69. The Labute approximate surface area is 122 Å². The molecule has 1 amide bonds. The molecule has 1 aromatic heterocycles. The quantitative estimate of drug-likeness (QED) is 0.608. The van der Waals surface area contributed by atoms with Gasteiger partial charge in [0.05, 0.1) is 11.0 Å². The molecular formula is C13H19N5O3. The molecule has 21 heavy (non-hydrogen) atoms. The monoisotopic (exact) mass is 293 g/mol. The molecule has 8 nitrogen and oxygen atoms in total. The van der Waals surface area contributed by atoms with Crippen LogP contribution in [0, 0.1) is 17.0 Å². The molecule has 1 atom stereocenters. The Morgan fingerprint density at radius 2 is 2.43 bits per heavy atom. The van der Waals surface area contributed by atoms with Crippen LogP contribution in [0.5, 0.6) is 0 Å². The second kappa shape index (κ2) is 6.49. The first-order valence-corrected chi connectivity index (χ1v) is 6.90. The van der Waals surface area contributed by atoms with Crippen LogP contribution in [0.15, 0.2) is 12.3 Å². The van der Waals surface area contributed by atoms with Crippen LogP contribution in [-0.4, -0.2) is 48.0 Å². The van der Waals surface area contributed by atoms with Crippen molar-refractivity contribution in [3.63, 3.8) is 0 Å². The van der Waals surface area contributed by atoms with Gasteiger partial charge in [-0.15, -0.1) is 0 Å². The molecule has 2 heterocycles. The normalized spacial score (nSPS) is 18.4. The van der Waals surface area contributed by atoms with Crippen LogP contribution in [-0.2, 0) is 4.79 Å². The van der Waals surface area contributed by atoms with Gasteiger partial charge in [0.2, 0.25) is 5.91 Å². The number of anilines is 1. The summed E-state index contributed by atoms with van der Waals surface area (Å²) in [5, 5.41) is 17.0. The molecule has 1 saturated heterocycles. The molecule has 0 radical (unpaired) electrons. The SMILES string of the molecule is CCNC(=O)C1CNCCN1c1cc([N+](=O)[O-])c(C)cn1. The minimum Gasteiger partial charge on any atom is -0.355 e. The van der Waals surface area contributed by atoms with Crippen LogP contribution < -0.4 is 15.5 Å². The largest absolute Gasteiger partial charge is 0.355 e. The number of nitrogens with one attached hydrogen (secondary N) is 2. The van der Waals surface area contributed by atoms with Gasteiger partial charge in [0, 0.05) is 37.9 Å². The van der Waals surface area contributed by atoms with Crippen molar-refractivity contribution in [2.75, 3.05) is 31.1 Å². The summed E-state index contributed by atoms with van der Waals surface area (Å²) in [5.74, 6) is 0.361. The Morgan fingerprint density at radius 1 is 1.67 bits per heavy atom.